The molecule has 1 heterocycles. The molecule has 0 aliphatic heterocycles. The molecule has 0 fully saturated rings. The molecule has 0 aliphatic rings. The second-order valence-electron chi connectivity index (χ2n) is 1.70. The van der Waals surface area contributed by atoms with Gasteiger partial charge >= 0.3 is 0 Å². The molecular formula is C6H8N2Zn. The minimum Gasteiger partial charge on any atom is -0.384 e. The molecule has 3 heteroatoms. The summed E-state index contributed by atoms with van der Waals surface area (Å²) in [6.07, 6.45) is 0. The molecule has 0 amide bonds. The molecule has 1 aromatic heterocycles. The zero-order valence-corrected chi connectivity index (χ0v) is 8.43. The molecular weight excluding hydrogens is 165 g/mol. The van der Waals surface area contributed by atoms with Gasteiger partial charge in [-0.3, -0.25) is 0 Å². The quantitative estimate of drug-likeness (QED) is 0.594. The Morgan fingerprint density at radius 1 is 1.44 bits per heavy atom. The van der Waals surface area contributed by atoms with Crippen LogP contribution in [-0.4, -0.2) is 4.98 Å². The van der Waals surface area contributed by atoms with Crippen LogP contribution in [0.2, 0.25) is 0 Å². The molecule has 0 saturated heterocycles. The van der Waals surface area contributed by atoms with Crippen molar-refractivity contribution in [2.75, 3.05) is 5.73 Å². The number of pyridine rings is 1. The zero-order valence-electron chi connectivity index (χ0n) is 5.46. The monoisotopic (exact) mass is 172 g/mol. The van der Waals surface area contributed by atoms with Gasteiger partial charge in [0, 0.05) is 25.2 Å². The molecule has 2 nitrogen and oxygen atoms in total. The molecule has 0 aromatic carbocycles. The molecule has 0 unspecified atom stereocenters. The van der Waals surface area contributed by atoms with E-state index in [1.54, 1.807) is 6.07 Å². The van der Waals surface area contributed by atoms with Crippen LogP contribution in [0, 0.1) is 6.92 Å². The summed E-state index contributed by atoms with van der Waals surface area (Å²) in [5.41, 5.74) is 6.31. The number of nitrogens with zero attached hydrogens (tertiary/aromatic N) is 1. The van der Waals surface area contributed by atoms with Crippen molar-refractivity contribution in [3.63, 3.8) is 0 Å². The van der Waals surface area contributed by atoms with E-state index in [2.05, 4.69) is 4.98 Å². The van der Waals surface area contributed by atoms with Gasteiger partial charge in [0.15, 0.2) is 0 Å². The summed E-state index contributed by atoms with van der Waals surface area (Å²) in [5, 5.41) is 0. The predicted molar refractivity (Wildman–Crippen MR) is 33.4 cm³/mol. The Bertz CT molecular complexity index is 171. The van der Waals surface area contributed by atoms with Crippen LogP contribution in [0.15, 0.2) is 18.2 Å². The molecule has 0 bridgehead atoms. The summed E-state index contributed by atoms with van der Waals surface area (Å²) in [6, 6.07) is 5.57. The summed E-state index contributed by atoms with van der Waals surface area (Å²) < 4.78 is 0. The van der Waals surface area contributed by atoms with E-state index in [1.807, 2.05) is 19.1 Å². The molecule has 0 atom stereocenters. The number of hydrogen-bond acceptors (Lipinski definition) is 2. The largest absolute Gasteiger partial charge is 0.384 e. The van der Waals surface area contributed by atoms with Crippen LogP contribution in [0.25, 0.3) is 0 Å². The van der Waals surface area contributed by atoms with Crippen LogP contribution in [-0.2, 0) is 19.5 Å². The second-order valence-corrected chi connectivity index (χ2v) is 1.70. The molecule has 0 radical (unpaired) electrons. The van der Waals surface area contributed by atoms with Gasteiger partial charge in [0.05, 0.1) is 0 Å². The van der Waals surface area contributed by atoms with Crippen LogP contribution < -0.4 is 5.73 Å². The Kier molecular flexibility index (Phi) is 3.40. The van der Waals surface area contributed by atoms with Crippen LogP contribution in [0.4, 0.5) is 5.82 Å². The first-order chi connectivity index (χ1) is 3.79. The van der Waals surface area contributed by atoms with E-state index in [1.165, 1.54) is 0 Å². The number of aryl methyl sites for hydroxylation is 1. The van der Waals surface area contributed by atoms with E-state index in [0.717, 1.165) is 5.69 Å². The number of nitrogen functional groups attached to an aromatic ring is 1. The number of rotatable bonds is 0. The third-order valence-electron chi connectivity index (χ3n) is 0.910. The normalized spacial score (nSPS) is 8.11. The van der Waals surface area contributed by atoms with Crippen LogP contribution >= 0.6 is 0 Å². The second kappa shape index (κ2) is 3.57. The third kappa shape index (κ3) is 2.57. The Balaban J connectivity index is 0.000000640. The van der Waals surface area contributed by atoms with Crippen molar-refractivity contribution in [1.82, 2.24) is 4.98 Å². The van der Waals surface area contributed by atoms with Gasteiger partial charge in [-0.2, -0.15) is 0 Å². The zero-order chi connectivity index (χ0) is 5.98. The Labute approximate surface area is 67.2 Å². The maximum atomic E-state index is 5.35. The SMILES string of the molecule is Cc1cccc(N)n1.[Zn]. The summed E-state index contributed by atoms with van der Waals surface area (Å²) in [4.78, 5) is 3.95. The van der Waals surface area contributed by atoms with Gasteiger partial charge in [-0.05, 0) is 19.1 Å². The van der Waals surface area contributed by atoms with Crippen LogP contribution in [0.5, 0.6) is 0 Å². The van der Waals surface area contributed by atoms with Crippen molar-refractivity contribution in [2.45, 2.75) is 6.92 Å². The summed E-state index contributed by atoms with van der Waals surface area (Å²) in [6.45, 7) is 1.91. The maximum absolute atomic E-state index is 5.35. The molecule has 0 aliphatic carbocycles. The van der Waals surface area contributed by atoms with Crippen molar-refractivity contribution in [3.05, 3.63) is 23.9 Å². The molecule has 44 valence electrons. The van der Waals surface area contributed by atoms with Crippen molar-refractivity contribution in [3.8, 4) is 0 Å². The third-order valence-corrected chi connectivity index (χ3v) is 0.910. The number of hydrogen-bond donors (Lipinski definition) is 1. The first-order valence-corrected chi connectivity index (χ1v) is 2.48. The first-order valence-electron chi connectivity index (χ1n) is 2.48. The van der Waals surface area contributed by atoms with Crippen molar-refractivity contribution in [2.24, 2.45) is 0 Å². The fourth-order valence-electron chi connectivity index (χ4n) is 0.564. The van der Waals surface area contributed by atoms with Gasteiger partial charge < -0.3 is 5.73 Å². The summed E-state index contributed by atoms with van der Waals surface area (Å²) in [7, 11) is 0. The molecule has 9 heavy (non-hydrogen) atoms. The summed E-state index contributed by atoms with van der Waals surface area (Å²) in [5.74, 6) is 0.588. The van der Waals surface area contributed by atoms with Gasteiger partial charge in [-0.25, -0.2) is 4.98 Å². The van der Waals surface area contributed by atoms with Gasteiger partial charge in [0.2, 0.25) is 0 Å². The van der Waals surface area contributed by atoms with Gasteiger partial charge in [0.25, 0.3) is 0 Å². The van der Waals surface area contributed by atoms with Crippen molar-refractivity contribution in [1.29, 1.82) is 0 Å². The number of nitrogens with two attached hydrogens (primary N) is 1. The van der Waals surface area contributed by atoms with Crippen molar-refractivity contribution >= 4 is 5.82 Å². The van der Waals surface area contributed by atoms with E-state index in [0.29, 0.717) is 5.82 Å². The van der Waals surface area contributed by atoms with E-state index < -0.39 is 0 Å². The van der Waals surface area contributed by atoms with Crippen LogP contribution in [0.1, 0.15) is 5.69 Å². The van der Waals surface area contributed by atoms with Gasteiger partial charge in [-0.15, -0.1) is 0 Å². The standard InChI is InChI=1S/C6H8N2.Zn/c1-5-3-2-4-6(7)8-5;/h2-4H,1H3,(H2,7,8);. The molecule has 1 aromatic rings. The Morgan fingerprint density at radius 2 is 2.11 bits per heavy atom. The molecule has 1 rings (SSSR count). The smallest absolute Gasteiger partial charge is 0.123 e. The molecule has 0 spiro atoms. The van der Waals surface area contributed by atoms with Gasteiger partial charge in [0.1, 0.15) is 5.82 Å². The predicted octanol–water partition coefficient (Wildman–Crippen LogP) is 0.970. The minimum absolute atomic E-state index is 0. The average molecular weight is 174 g/mol. The van der Waals surface area contributed by atoms with Crippen LogP contribution in [0.3, 0.4) is 0 Å². The van der Waals surface area contributed by atoms with E-state index >= 15 is 0 Å². The fraction of sp³-hybridized carbons (Fsp3) is 0.167. The Hall–Kier alpha value is -0.427. The molecule has 0 saturated carbocycles. The van der Waals surface area contributed by atoms with E-state index in [9.17, 15) is 0 Å². The number of anilines is 1. The summed E-state index contributed by atoms with van der Waals surface area (Å²) >= 11 is 0. The molecule has 2 N–H and O–H groups in total. The average Bonchev–Trinajstić information content (AvgIpc) is 1.64. The fourth-order valence-corrected chi connectivity index (χ4v) is 0.564. The minimum atomic E-state index is 0. The topological polar surface area (TPSA) is 38.9 Å². The first kappa shape index (κ1) is 8.57. The maximum Gasteiger partial charge on any atom is 0.123 e. The van der Waals surface area contributed by atoms with E-state index in [4.69, 9.17) is 5.73 Å². The van der Waals surface area contributed by atoms with Gasteiger partial charge in [-0.1, -0.05) is 6.07 Å². The van der Waals surface area contributed by atoms with E-state index in [-0.39, 0.29) is 19.5 Å². The van der Waals surface area contributed by atoms with Crippen molar-refractivity contribution < 1.29 is 19.5 Å². The Morgan fingerprint density at radius 3 is 2.44 bits per heavy atom. The number of aromatic nitrogens is 1.